The van der Waals surface area contributed by atoms with Crippen molar-refractivity contribution in [1.29, 1.82) is 0 Å². The molecule has 0 aliphatic heterocycles. The maximum Gasteiger partial charge on any atom is 0.168 e. The van der Waals surface area contributed by atoms with Gasteiger partial charge in [-0.05, 0) is 26.0 Å². The fourth-order valence-electron chi connectivity index (χ4n) is 2.52. The van der Waals surface area contributed by atoms with E-state index < -0.39 is 0 Å². The van der Waals surface area contributed by atoms with Crippen molar-refractivity contribution in [2.75, 3.05) is 5.32 Å². The molecule has 1 N–H and O–H groups in total. The summed E-state index contributed by atoms with van der Waals surface area (Å²) in [6.45, 7) is 4.76. The monoisotopic (exact) mass is 336 g/mol. The smallest absolute Gasteiger partial charge is 0.168 e. The molecule has 0 unspecified atom stereocenters. The Morgan fingerprint density at radius 2 is 1.96 bits per heavy atom. The Morgan fingerprint density at radius 1 is 1.12 bits per heavy atom. The lowest BCUT2D eigenvalue weighted by Gasteiger charge is -2.05. The molecule has 0 bridgehead atoms. The summed E-state index contributed by atoms with van der Waals surface area (Å²) in [5.41, 5.74) is 2.84. The second-order valence-corrected chi connectivity index (χ2v) is 6.74. The van der Waals surface area contributed by atoms with Crippen LogP contribution in [0, 0.1) is 13.8 Å². The van der Waals surface area contributed by atoms with Crippen LogP contribution >= 0.6 is 11.3 Å². The lowest BCUT2D eigenvalue weighted by molar-refractivity contribution is 0.895. The Kier molecular flexibility index (Phi) is 3.70. The number of nitrogens with one attached hydrogen (secondary N) is 1. The minimum Gasteiger partial charge on any atom is -0.363 e. The fraction of sp³-hybridized carbons (Fsp3) is 0.176. The predicted molar refractivity (Wildman–Crippen MR) is 95.6 cm³/mol. The second kappa shape index (κ2) is 6.01. The lowest BCUT2D eigenvalue weighted by Crippen LogP contribution is -2.03. The van der Waals surface area contributed by atoms with Gasteiger partial charge in [0, 0.05) is 4.88 Å². The molecule has 120 valence electrons. The number of hydrogen-bond acceptors (Lipinski definition) is 6. The van der Waals surface area contributed by atoms with E-state index >= 15 is 0 Å². The molecule has 0 aliphatic carbocycles. The molecule has 0 atom stereocenters. The van der Waals surface area contributed by atoms with Crippen LogP contribution in [0.3, 0.4) is 0 Å². The van der Waals surface area contributed by atoms with Gasteiger partial charge in [-0.15, -0.1) is 11.3 Å². The number of fused-ring (bicyclic) bond motifs is 1. The van der Waals surface area contributed by atoms with Gasteiger partial charge in [0.05, 0.1) is 29.5 Å². The van der Waals surface area contributed by atoms with Crippen LogP contribution in [0.1, 0.15) is 15.6 Å². The van der Waals surface area contributed by atoms with Crippen LogP contribution < -0.4 is 5.32 Å². The van der Waals surface area contributed by atoms with E-state index in [2.05, 4.69) is 32.3 Å². The van der Waals surface area contributed by atoms with Crippen molar-refractivity contribution in [3.63, 3.8) is 0 Å². The third-order valence-corrected chi connectivity index (χ3v) is 4.92. The quantitative estimate of drug-likeness (QED) is 0.618. The number of hydrogen-bond donors (Lipinski definition) is 1. The number of aryl methyl sites for hydroxylation is 2. The van der Waals surface area contributed by atoms with Crippen LogP contribution in [0.2, 0.25) is 0 Å². The average molecular weight is 336 g/mol. The number of rotatable bonds is 4. The first-order valence-corrected chi connectivity index (χ1v) is 8.45. The molecule has 0 fully saturated rings. The molecule has 4 aromatic rings. The molecule has 7 heteroatoms. The first-order valence-electron chi connectivity index (χ1n) is 7.63. The summed E-state index contributed by atoms with van der Waals surface area (Å²) in [5.74, 6) is 0.771. The van der Waals surface area contributed by atoms with E-state index in [4.69, 9.17) is 0 Å². The largest absolute Gasteiger partial charge is 0.363 e. The van der Waals surface area contributed by atoms with Crippen LogP contribution in [0.15, 0.2) is 42.9 Å². The maximum atomic E-state index is 4.55. The number of aromatic nitrogens is 5. The van der Waals surface area contributed by atoms with Gasteiger partial charge in [0.25, 0.3) is 0 Å². The van der Waals surface area contributed by atoms with Gasteiger partial charge >= 0.3 is 0 Å². The van der Waals surface area contributed by atoms with Gasteiger partial charge in [-0.2, -0.15) is 5.10 Å². The first kappa shape index (κ1) is 14.8. The number of thiazole rings is 1. The molecular formula is C17H16N6S. The third-order valence-electron chi connectivity index (χ3n) is 3.85. The number of benzene rings is 1. The summed E-state index contributed by atoms with van der Waals surface area (Å²) in [7, 11) is 0. The molecule has 0 spiro atoms. The Bertz CT molecular complexity index is 969. The van der Waals surface area contributed by atoms with Crippen molar-refractivity contribution in [1.82, 2.24) is 24.7 Å². The van der Waals surface area contributed by atoms with Crippen molar-refractivity contribution in [2.24, 2.45) is 0 Å². The van der Waals surface area contributed by atoms with Crippen LogP contribution in [-0.4, -0.2) is 24.7 Å². The Labute approximate surface area is 143 Å². The highest BCUT2D eigenvalue weighted by molar-refractivity contribution is 7.11. The van der Waals surface area contributed by atoms with Gasteiger partial charge in [-0.1, -0.05) is 18.2 Å². The molecule has 3 heterocycles. The normalized spacial score (nSPS) is 11.1. The highest BCUT2D eigenvalue weighted by Gasteiger charge is 2.11. The first-order chi connectivity index (χ1) is 11.7. The molecule has 3 aromatic heterocycles. The minimum absolute atomic E-state index is 0.641. The highest BCUT2D eigenvalue weighted by atomic mass is 32.1. The zero-order valence-electron chi connectivity index (χ0n) is 13.4. The van der Waals surface area contributed by atoms with Gasteiger partial charge in [-0.3, -0.25) is 0 Å². The molecule has 0 amide bonds. The maximum absolute atomic E-state index is 4.55. The van der Waals surface area contributed by atoms with Crippen molar-refractivity contribution in [3.05, 3.63) is 58.4 Å². The van der Waals surface area contributed by atoms with Gasteiger partial charge in [-0.25, -0.2) is 19.6 Å². The standard InChI is InChI=1S/C17H16N6S/c1-11-12(2)24-15(22-11)9-18-16-14-8-21-23(17(14)20-10-19-16)13-6-4-3-5-7-13/h3-8,10H,9H2,1-2H3,(H,18,19,20). The van der Waals surface area contributed by atoms with Crippen LogP contribution in [0.4, 0.5) is 5.82 Å². The Morgan fingerprint density at radius 3 is 2.71 bits per heavy atom. The van der Waals surface area contributed by atoms with E-state index in [1.165, 1.54) is 4.88 Å². The fourth-order valence-corrected chi connectivity index (χ4v) is 3.39. The number of nitrogens with zero attached hydrogens (tertiary/aromatic N) is 5. The third kappa shape index (κ3) is 2.63. The van der Waals surface area contributed by atoms with Crippen molar-refractivity contribution in [3.8, 4) is 5.69 Å². The van der Waals surface area contributed by atoms with Crippen molar-refractivity contribution >= 4 is 28.2 Å². The average Bonchev–Trinajstić information content (AvgIpc) is 3.18. The van der Waals surface area contributed by atoms with Crippen molar-refractivity contribution in [2.45, 2.75) is 20.4 Å². The molecule has 4 rings (SSSR count). The minimum atomic E-state index is 0.641. The molecule has 6 nitrogen and oxygen atoms in total. The van der Waals surface area contributed by atoms with Crippen LogP contribution in [0.25, 0.3) is 16.7 Å². The van der Waals surface area contributed by atoms with E-state index in [-0.39, 0.29) is 0 Å². The van der Waals surface area contributed by atoms with Crippen molar-refractivity contribution < 1.29 is 0 Å². The van der Waals surface area contributed by atoms with E-state index in [0.29, 0.717) is 6.54 Å². The van der Waals surface area contributed by atoms with E-state index in [0.717, 1.165) is 33.2 Å². The summed E-state index contributed by atoms with van der Waals surface area (Å²) in [4.78, 5) is 14.5. The van der Waals surface area contributed by atoms with E-state index in [1.807, 2.05) is 41.9 Å². The highest BCUT2D eigenvalue weighted by Crippen LogP contribution is 2.23. The Balaban J connectivity index is 1.66. The van der Waals surface area contributed by atoms with Gasteiger partial charge in [0.15, 0.2) is 5.65 Å². The van der Waals surface area contributed by atoms with Crippen LogP contribution in [0.5, 0.6) is 0 Å². The number of para-hydroxylation sites is 1. The van der Waals surface area contributed by atoms with Gasteiger partial charge < -0.3 is 5.32 Å². The Hall–Kier alpha value is -2.80. The predicted octanol–water partition coefficient (Wildman–Crippen LogP) is 3.50. The molecule has 0 saturated heterocycles. The van der Waals surface area contributed by atoms with Crippen LogP contribution in [-0.2, 0) is 6.54 Å². The second-order valence-electron chi connectivity index (χ2n) is 5.45. The van der Waals surface area contributed by atoms with E-state index in [1.54, 1.807) is 23.9 Å². The topological polar surface area (TPSA) is 68.5 Å². The zero-order chi connectivity index (χ0) is 16.5. The molecular weight excluding hydrogens is 320 g/mol. The molecule has 0 radical (unpaired) electrons. The van der Waals surface area contributed by atoms with Gasteiger partial charge in [0.1, 0.15) is 17.2 Å². The molecule has 24 heavy (non-hydrogen) atoms. The molecule has 1 aromatic carbocycles. The summed E-state index contributed by atoms with van der Waals surface area (Å²) in [5, 5.41) is 9.76. The molecule has 0 saturated carbocycles. The molecule has 0 aliphatic rings. The number of anilines is 1. The van der Waals surface area contributed by atoms with Gasteiger partial charge in [0.2, 0.25) is 0 Å². The lowest BCUT2D eigenvalue weighted by atomic mass is 10.3. The summed E-state index contributed by atoms with van der Waals surface area (Å²) >= 11 is 1.70. The zero-order valence-corrected chi connectivity index (χ0v) is 14.2. The summed E-state index contributed by atoms with van der Waals surface area (Å²) in [6, 6.07) is 9.95. The van der Waals surface area contributed by atoms with E-state index in [9.17, 15) is 0 Å². The SMILES string of the molecule is Cc1nc(CNc2ncnc3c2cnn3-c2ccccc2)sc1C. The summed E-state index contributed by atoms with van der Waals surface area (Å²) < 4.78 is 1.82. The summed E-state index contributed by atoms with van der Waals surface area (Å²) in [6.07, 6.45) is 3.35.